The molecule has 2 heterocycles. The smallest absolute Gasteiger partial charge is 0.146 e. The fourth-order valence-electron chi connectivity index (χ4n) is 2.35. The highest BCUT2D eigenvalue weighted by molar-refractivity contribution is 6.20. The lowest BCUT2D eigenvalue weighted by molar-refractivity contribution is 0.419. The molecule has 0 amide bonds. The number of hydrogen-bond donors (Lipinski definition) is 0. The summed E-state index contributed by atoms with van der Waals surface area (Å²) in [6.45, 7) is 2.48. The number of fused-ring (bicyclic) bond motifs is 1. The summed E-state index contributed by atoms with van der Waals surface area (Å²) in [5.74, 6) is 1.53. The van der Waals surface area contributed by atoms with Crippen LogP contribution in [0.1, 0.15) is 23.8 Å². The molecule has 6 heteroatoms. The number of para-hydroxylation sites is 1. The van der Waals surface area contributed by atoms with Crippen LogP contribution in [0.5, 0.6) is 5.75 Å². The van der Waals surface area contributed by atoms with Crippen LogP contribution in [0.4, 0.5) is 0 Å². The van der Waals surface area contributed by atoms with E-state index in [1.165, 1.54) is 0 Å². The maximum atomic E-state index is 6.28. The van der Waals surface area contributed by atoms with Gasteiger partial charge in [-0.15, -0.1) is 11.6 Å². The Balaban J connectivity index is 2.17. The average molecular weight is 303 g/mol. The molecular formula is C15H15ClN4O. The fourth-order valence-corrected chi connectivity index (χ4v) is 2.52. The van der Waals surface area contributed by atoms with Crippen molar-refractivity contribution in [3.63, 3.8) is 0 Å². The van der Waals surface area contributed by atoms with E-state index in [9.17, 15) is 0 Å². The molecule has 5 nitrogen and oxygen atoms in total. The first-order valence-corrected chi connectivity index (χ1v) is 7.08. The summed E-state index contributed by atoms with van der Waals surface area (Å²) in [5, 5.41) is 7.83. The molecule has 0 saturated heterocycles. The van der Waals surface area contributed by atoms with Crippen molar-refractivity contribution in [2.75, 3.05) is 7.11 Å². The molecule has 0 aliphatic heterocycles. The van der Waals surface area contributed by atoms with Crippen LogP contribution in [0.2, 0.25) is 0 Å². The molecule has 1 unspecified atom stereocenters. The summed E-state index contributed by atoms with van der Waals surface area (Å²) >= 11 is 6.28. The van der Waals surface area contributed by atoms with E-state index in [2.05, 4.69) is 19.7 Å². The van der Waals surface area contributed by atoms with E-state index in [1.54, 1.807) is 13.3 Å². The van der Waals surface area contributed by atoms with Crippen LogP contribution < -0.4 is 4.74 Å². The van der Waals surface area contributed by atoms with Gasteiger partial charge in [0.1, 0.15) is 17.1 Å². The molecule has 0 bridgehead atoms. The van der Waals surface area contributed by atoms with Gasteiger partial charge in [0, 0.05) is 6.20 Å². The molecule has 0 N–H and O–H groups in total. The zero-order valence-electron chi connectivity index (χ0n) is 11.8. The van der Waals surface area contributed by atoms with Crippen molar-refractivity contribution in [2.45, 2.75) is 18.8 Å². The Kier molecular flexibility index (Phi) is 3.75. The molecule has 1 atom stereocenters. The molecule has 1 aromatic carbocycles. The zero-order valence-corrected chi connectivity index (χ0v) is 12.6. The number of alkyl halides is 1. The number of halogens is 1. The van der Waals surface area contributed by atoms with Crippen molar-refractivity contribution in [1.82, 2.24) is 19.7 Å². The normalized spacial score (nSPS) is 12.5. The van der Waals surface area contributed by atoms with Crippen molar-refractivity contribution in [3.8, 4) is 5.75 Å². The van der Waals surface area contributed by atoms with Gasteiger partial charge in [-0.2, -0.15) is 10.2 Å². The van der Waals surface area contributed by atoms with Gasteiger partial charge >= 0.3 is 0 Å². The standard InChI is InChI=1S/C15H15ClN4O/c1-10(16)15-18-14-12(6-3-7-13(14)21-2)20(15)9-11-5-4-8-17-19-11/h3-8,10H,9H2,1-2H3. The largest absolute Gasteiger partial charge is 0.494 e. The van der Waals surface area contributed by atoms with E-state index >= 15 is 0 Å². The molecule has 3 rings (SSSR count). The second kappa shape index (κ2) is 5.69. The Morgan fingerprint density at radius 3 is 2.81 bits per heavy atom. The molecular weight excluding hydrogens is 288 g/mol. The molecule has 0 aliphatic carbocycles. The highest BCUT2D eigenvalue weighted by Gasteiger charge is 2.17. The zero-order chi connectivity index (χ0) is 14.8. The summed E-state index contributed by atoms with van der Waals surface area (Å²) in [4.78, 5) is 4.64. The van der Waals surface area contributed by atoms with E-state index < -0.39 is 0 Å². The van der Waals surface area contributed by atoms with Crippen LogP contribution >= 0.6 is 11.6 Å². The van der Waals surface area contributed by atoms with E-state index in [0.717, 1.165) is 28.3 Å². The summed E-state index contributed by atoms with van der Waals surface area (Å²) in [6, 6.07) is 9.64. The van der Waals surface area contributed by atoms with Crippen LogP contribution in [0, 0.1) is 0 Å². The Morgan fingerprint density at radius 1 is 1.29 bits per heavy atom. The minimum Gasteiger partial charge on any atom is -0.494 e. The molecule has 0 fully saturated rings. The first-order chi connectivity index (χ1) is 10.2. The first-order valence-electron chi connectivity index (χ1n) is 6.64. The van der Waals surface area contributed by atoms with Gasteiger partial charge < -0.3 is 9.30 Å². The van der Waals surface area contributed by atoms with Crippen LogP contribution in [-0.2, 0) is 6.54 Å². The Bertz CT molecular complexity index is 755. The Morgan fingerprint density at radius 2 is 2.14 bits per heavy atom. The van der Waals surface area contributed by atoms with E-state index in [0.29, 0.717) is 6.54 Å². The molecule has 3 aromatic rings. The predicted octanol–water partition coefficient (Wildman–Crippen LogP) is 3.18. The van der Waals surface area contributed by atoms with Crippen LogP contribution in [-0.4, -0.2) is 26.9 Å². The van der Waals surface area contributed by atoms with Crippen LogP contribution in [0.25, 0.3) is 11.0 Å². The Hall–Kier alpha value is -2.14. The van der Waals surface area contributed by atoms with Gasteiger partial charge in [-0.25, -0.2) is 4.98 Å². The van der Waals surface area contributed by atoms with Gasteiger partial charge in [0.05, 0.1) is 30.2 Å². The molecule has 108 valence electrons. The molecule has 21 heavy (non-hydrogen) atoms. The number of nitrogens with zero attached hydrogens (tertiary/aromatic N) is 4. The number of rotatable bonds is 4. The summed E-state index contributed by atoms with van der Waals surface area (Å²) in [5.41, 5.74) is 2.65. The highest BCUT2D eigenvalue weighted by atomic mass is 35.5. The van der Waals surface area contributed by atoms with Gasteiger partial charge in [-0.05, 0) is 31.2 Å². The van der Waals surface area contributed by atoms with Gasteiger partial charge in [0.2, 0.25) is 0 Å². The molecule has 0 aliphatic rings. The predicted molar refractivity (Wildman–Crippen MR) is 81.7 cm³/mol. The topological polar surface area (TPSA) is 52.8 Å². The third-order valence-corrected chi connectivity index (χ3v) is 3.49. The van der Waals surface area contributed by atoms with Crippen molar-refractivity contribution in [1.29, 1.82) is 0 Å². The second-order valence-electron chi connectivity index (χ2n) is 4.72. The summed E-state index contributed by atoms with van der Waals surface area (Å²) in [6.07, 6.45) is 1.66. The lowest BCUT2D eigenvalue weighted by Crippen LogP contribution is -2.07. The molecule has 0 spiro atoms. The SMILES string of the molecule is COc1cccc2c1nc(C(C)Cl)n2Cc1cccnn1. The minimum absolute atomic E-state index is 0.209. The first kappa shape index (κ1) is 13.8. The fraction of sp³-hybridized carbons (Fsp3) is 0.267. The monoisotopic (exact) mass is 302 g/mol. The number of hydrogen-bond acceptors (Lipinski definition) is 4. The summed E-state index contributed by atoms with van der Waals surface area (Å²) in [7, 11) is 1.64. The van der Waals surface area contributed by atoms with Gasteiger partial charge in [0.25, 0.3) is 0 Å². The van der Waals surface area contributed by atoms with E-state index in [-0.39, 0.29) is 5.38 Å². The van der Waals surface area contributed by atoms with E-state index in [4.69, 9.17) is 16.3 Å². The third kappa shape index (κ3) is 2.56. The number of benzene rings is 1. The average Bonchev–Trinajstić information content (AvgIpc) is 2.87. The quantitative estimate of drug-likeness (QED) is 0.695. The third-order valence-electron chi connectivity index (χ3n) is 3.29. The number of aromatic nitrogens is 4. The van der Waals surface area contributed by atoms with Crippen LogP contribution in [0.15, 0.2) is 36.5 Å². The molecule has 0 saturated carbocycles. The Labute approximate surface area is 127 Å². The number of methoxy groups -OCH3 is 1. The lowest BCUT2D eigenvalue weighted by Gasteiger charge is -2.09. The van der Waals surface area contributed by atoms with E-state index in [1.807, 2.05) is 37.3 Å². The molecule has 0 radical (unpaired) electrons. The summed E-state index contributed by atoms with van der Waals surface area (Å²) < 4.78 is 7.43. The second-order valence-corrected chi connectivity index (χ2v) is 5.37. The van der Waals surface area contributed by atoms with Gasteiger partial charge in [-0.1, -0.05) is 6.07 Å². The van der Waals surface area contributed by atoms with Crippen molar-refractivity contribution >= 4 is 22.6 Å². The van der Waals surface area contributed by atoms with Gasteiger partial charge in [0.15, 0.2) is 0 Å². The van der Waals surface area contributed by atoms with Crippen LogP contribution in [0.3, 0.4) is 0 Å². The van der Waals surface area contributed by atoms with Gasteiger partial charge in [-0.3, -0.25) is 0 Å². The van der Waals surface area contributed by atoms with Crippen molar-refractivity contribution in [3.05, 3.63) is 48.0 Å². The number of imidazole rings is 1. The maximum absolute atomic E-state index is 6.28. The molecule has 2 aromatic heterocycles. The highest BCUT2D eigenvalue weighted by Crippen LogP contribution is 2.30. The van der Waals surface area contributed by atoms with Crippen molar-refractivity contribution in [2.24, 2.45) is 0 Å². The number of ether oxygens (including phenoxy) is 1. The minimum atomic E-state index is -0.209. The maximum Gasteiger partial charge on any atom is 0.146 e. The lowest BCUT2D eigenvalue weighted by atomic mass is 10.3. The van der Waals surface area contributed by atoms with Crippen molar-refractivity contribution < 1.29 is 4.74 Å².